The Morgan fingerprint density at radius 3 is 2.83 bits per heavy atom. The molecule has 0 fully saturated rings. The van der Waals surface area contributed by atoms with Crippen molar-refractivity contribution >= 4 is 11.6 Å². The van der Waals surface area contributed by atoms with E-state index in [4.69, 9.17) is 4.74 Å². The summed E-state index contributed by atoms with van der Waals surface area (Å²) in [4.78, 5) is 15.7. The molecule has 1 aromatic heterocycles. The van der Waals surface area contributed by atoms with Gasteiger partial charge in [-0.05, 0) is 24.3 Å². The molecule has 0 aliphatic heterocycles. The van der Waals surface area contributed by atoms with Crippen LogP contribution < -0.4 is 10.1 Å². The number of rotatable bonds is 3. The molecule has 0 saturated carbocycles. The number of aromatic nitrogens is 1. The van der Waals surface area contributed by atoms with Crippen LogP contribution in [0.2, 0.25) is 0 Å². The molecule has 0 spiro atoms. The number of anilines is 1. The first-order valence-electron chi connectivity index (χ1n) is 5.29. The van der Waals surface area contributed by atoms with E-state index in [0.717, 1.165) is 0 Å². The van der Waals surface area contributed by atoms with Gasteiger partial charge in [0.25, 0.3) is 5.91 Å². The first kappa shape index (κ1) is 11.9. The lowest BCUT2D eigenvalue weighted by Crippen LogP contribution is -2.12. The number of pyridine rings is 1. The van der Waals surface area contributed by atoms with Gasteiger partial charge >= 0.3 is 0 Å². The number of aromatic hydroxyl groups is 1. The van der Waals surface area contributed by atoms with Crippen molar-refractivity contribution in [2.75, 3.05) is 12.4 Å². The van der Waals surface area contributed by atoms with Gasteiger partial charge in [0, 0.05) is 18.5 Å². The molecule has 0 aliphatic carbocycles. The Labute approximate surface area is 104 Å². The van der Waals surface area contributed by atoms with Crippen molar-refractivity contribution < 1.29 is 14.6 Å². The maximum atomic E-state index is 11.8. The van der Waals surface area contributed by atoms with Gasteiger partial charge in [-0.2, -0.15) is 0 Å². The molecule has 5 nitrogen and oxygen atoms in total. The van der Waals surface area contributed by atoms with Crippen LogP contribution in [0.5, 0.6) is 11.5 Å². The van der Waals surface area contributed by atoms with Crippen LogP contribution in [-0.2, 0) is 0 Å². The SMILES string of the molecule is COc1ccc(NC(=O)c2cccnc2)c(O)c1. The van der Waals surface area contributed by atoms with Crippen molar-refractivity contribution in [2.45, 2.75) is 0 Å². The van der Waals surface area contributed by atoms with Crippen LogP contribution in [0.25, 0.3) is 0 Å². The summed E-state index contributed by atoms with van der Waals surface area (Å²) < 4.78 is 4.96. The van der Waals surface area contributed by atoms with Gasteiger partial charge in [0.15, 0.2) is 0 Å². The second kappa shape index (κ2) is 5.18. The Kier molecular flexibility index (Phi) is 3.43. The summed E-state index contributed by atoms with van der Waals surface area (Å²) in [5.74, 6) is 0.141. The largest absolute Gasteiger partial charge is 0.506 e. The Balaban J connectivity index is 2.17. The van der Waals surface area contributed by atoms with Crippen LogP contribution in [0.1, 0.15) is 10.4 Å². The van der Waals surface area contributed by atoms with Gasteiger partial charge in [-0.3, -0.25) is 9.78 Å². The van der Waals surface area contributed by atoms with E-state index in [1.807, 2.05) is 0 Å². The molecule has 2 N–H and O–H groups in total. The number of phenols is 1. The topological polar surface area (TPSA) is 71.5 Å². The normalized spacial score (nSPS) is 9.83. The molecule has 0 radical (unpaired) electrons. The number of amides is 1. The fraction of sp³-hybridized carbons (Fsp3) is 0.0769. The number of phenolic OH excluding ortho intramolecular Hbond substituents is 1. The predicted octanol–water partition coefficient (Wildman–Crippen LogP) is 2.05. The fourth-order valence-electron chi connectivity index (χ4n) is 1.44. The first-order valence-corrected chi connectivity index (χ1v) is 5.29. The lowest BCUT2D eigenvalue weighted by atomic mass is 10.2. The maximum Gasteiger partial charge on any atom is 0.257 e. The highest BCUT2D eigenvalue weighted by Crippen LogP contribution is 2.28. The van der Waals surface area contributed by atoms with Crippen LogP contribution in [-0.4, -0.2) is 23.1 Å². The Hall–Kier alpha value is -2.56. The summed E-state index contributed by atoms with van der Waals surface area (Å²) in [6, 6.07) is 7.96. The quantitative estimate of drug-likeness (QED) is 0.810. The lowest BCUT2D eigenvalue weighted by Gasteiger charge is -2.08. The summed E-state index contributed by atoms with van der Waals surface area (Å²) in [6.45, 7) is 0. The minimum atomic E-state index is -0.330. The van der Waals surface area contributed by atoms with E-state index in [-0.39, 0.29) is 11.7 Å². The second-order valence-corrected chi connectivity index (χ2v) is 3.58. The zero-order chi connectivity index (χ0) is 13.0. The summed E-state index contributed by atoms with van der Waals surface area (Å²) in [6.07, 6.45) is 3.04. The van der Waals surface area contributed by atoms with Gasteiger partial charge in [0.2, 0.25) is 0 Å². The van der Waals surface area contributed by atoms with E-state index in [2.05, 4.69) is 10.3 Å². The fourth-order valence-corrected chi connectivity index (χ4v) is 1.44. The summed E-state index contributed by atoms with van der Waals surface area (Å²) in [5, 5.41) is 12.3. The number of nitrogens with zero attached hydrogens (tertiary/aromatic N) is 1. The van der Waals surface area contributed by atoms with Crippen molar-refractivity contribution in [3.63, 3.8) is 0 Å². The van der Waals surface area contributed by atoms with Crippen molar-refractivity contribution in [2.24, 2.45) is 0 Å². The third kappa shape index (κ3) is 2.57. The molecule has 0 bridgehead atoms. The molecule has 1 heterocycles. The first-order chi connectivity index (χ1) is 8.70. The zero-order valence-corrected chi connectivity index (χ0v) is 9.75. The third-order valence-corrected chi connectivity index (χ3v) is 2.38. The number of hydrogen-bond acceptors (Lipinski definition) is 4. The van der Waals surface area contributed by atoms with Gasteiger partial charge in [0.1, 0.15) is 11.5 Å². The molecule has 0 saturated heterocycles. The molecule has 18 heavy (non-hydrogen) atoms. The highest BCUT2D eigenvalue weighted by Gasteiger charge is 2.09. The molecular weight excluding hydrogens is 232 g/mol. The number of methoxy groups -OCH3 is 1. The van der Waals surface area contributed by atoms with E-state index >= 15 is 0 Å². The highest BCUT2D eigenvalue weighted by atomic mass is 16.5. The molecule has 2 aromatic rings. The molecule has 1 aromatic carbocycles. The minimum absolute atomic E-state index is 0.0495. The third-order valence-electron chi connectivity index (χ3n) is 2.38. The number of hydrogen-bond donors (Lipinski definition) is 2. The lowest BCUT2D eigenvalue weighted by molar-refractivity contribution is 0.102. The molecule has 0 atom stereocenters. The molecule has 92 valence electrons. The summed E-state index contributed by atoms with van der Waals surface area (Å²) in [7, 11) is 1.50. The number of ether oxygens (including phenoxy) is 1. The van der Waals surface area contributed by atoms with Crippen LogP contribution in [0.15, 0.2) is 42.7 Å². The maximum absolute atomic E-state index is 11.8. The van der Waals surface area contributed by atoms with E-state index in [1.54, 1.807) is 30.5 Å². The van der Waals surface area contributed by atoms with Crippen LogP contribution >= 0.6 is 0 Å². The molecule has 0 aliphatic rings. The van der Waals surface area contributed by atoms with Crippen molar-refractivity contribution in [3.05, 3.63) is 48.3 Å². The number of benzene rings is 1. The van der Waals surface area contributed by atoms with Crippen LogP contribution in [0, 0.1) is 0 Å². The van der Waals surface area contributed by atoms with Crippen molar-refractivity contribution in [1.29, 1.82) is 0 Å². The average molecular weight is 244 g/mol. The Morgan fingerprint density at radius 1 is 1.39 bits per heavy atom. The summed E-state index contributed by atoms with van der Waals surface area (Å²) >= 11 is 0. The molecule has 1 amide bonds. The minimum Gasteiger partial charge on any atom is -0.506 e. The van der Waals surface area contributed by atoms with Crippen LogP contribution in [0.4, 0.5) is 5.69 Å². The van der Waals surface area contributed by atoms with E-state index < -0.39 is 0 Å². The Bertz CT molecular complexity index is 555. The number of carbonyl (C=O) groups excluding carboxylic acids is 1. The second-order valence-electron chi connectivity index (χ2n) is 3.58. The molecule has 2 rings (SSSR count). The standard InChI is InChI=1S/C13H12N2O3/c1-18-10-4-5-11(12(16)7-10)15-13(17)9-3-2-6-14-8-9/h2-8,16H,1H3,(H,15,17). The average Bonchev–Trinajstić information content (AvgIpc) is 2.42. The Morgan fingerprint density at radius 2 is 2.22 bits per heavy atom. The van der Waals surface area contributed by atoms with Gasteiger partial charge in [-0.15, -0.1) is 0 Å². The summed E-state index contributed by atoms with van der Waals surface area (Å²) in [5.41, 5.74) is 0.748. The van der Waals surface area contributed by atoms with Crippen molar-refractivity contribution in [3.8, 4) is 11.5 Å². The monoisotopic (exact) mass is 244 g/mol. The van der Waals surface area contributed by atoms with E-state index in [1.165, 1.54) is 19.4 Å². The van der Waals surface area contributed by atoms with Gasteiger partial charge < -0.3 is 15.2 Å². The van der Waals surface area contributed by atoms with E-state index in [0.29, 0.717) is 17.0 Å². The van der Waals surface area contributed by atoms with Gasteiger partial charge in [0.05, 0.1) is 18.4 Å². The van der Waals surface area contributed by atoms with Gasteiger partial charge in [-0.25, -0.2) is 0 Å². The van der Waals surface area contributed by atoms with Crippen LogP contribution in [0.3, 0.4) is 0 Å². The van der Waals surface area contributed by atoms with Gasteiger partial charge in [-0.1, -0.05) is 0 Å². The number of carbonyl (C=O) groups is 1. The highest BCUT2D eigenvalue weighted by molar-refractivity contribution is 6.04. The molecule has 5 heteroatoms. The molecule has 0 unspecified atom stereocenters. The zero-order valence-electron chi connectivity index (χ0n) is 9.75. The number of nitrogens with one attached hydrogen (secondary N) is 1. The van der Waals surface area contributed by atoms with Crippen molar-refractivity contribution in [1.82, 2.24) is 4.98 Å². The smallest absolute Gasteiger partial charge is 0.257 e. The predicted molar refractivity (Wildman–Crippen MR) is 66.8 cm³/mol. The van der Waals surface area contributed by atoms with E-state index in [9.17, 15) is 9.90 Å². The molecular formula is C13H12N2O3.